The number of hydrogen-bond acceptors (Lipinski definition) is 3. The lowest BCUT2D eigenvalue weighted by Gasteiger charge is -2.25. The fourth-order valence-electron chi connectivity index (χ4n) is 2.52. The Labute approximate surface area is 126 Å². The molecule has 0 aliphatic carbocycles. The van der Waals surface area contributed by atoms with E-state index in [1.807, 2.05) is 23.1 Å². The molecule has 1 fully saturated rings. The summed E-state index contributed by atoms with van der Waals surface area (Å²) in [6.45, 7) is 4.96. The Morgan fingerprint density at radius 1 is 1.40 bits per heavy atom. The summed E-state index contributed by atoms with van der Waals surface area (Å²) in [5, 5.41) is 3.47. The van der Waals surface area contributed by atoms with E-state index in [4.69, 9.17) is 0 Å². The molecule has 0 aromatic heterocycles. The van der Waals surface area contributed by atoms with Crippen LogP contribution in [0.1, 0.15) is 26.2 Å². The zero-order valence-electron chi connectivity index (χ0n) is 12.2. The van der Waals surface area contributed by atoms with Crippen molar-refractivity contribution in [2.45, 2.75) is 37.1 Å². The second kappa shape index (κ2) is 8.32. The molecule has 4 heteroatoms. The van der Waals surface area contributed by atoms with Crippen LogP contribution < -0.4 is 5.32 Å². The van der Waals surface area contributed by atoms with Gasteiger partial charge in [-0.2, -0.15) is 0 Å². The van der Waals surface area contributed by atoms with Crippen LogP contribution in [0.2, 0.25) is 0 Å². The fraction of sp³-hybridized carbons (Fsp3) is 0.562. The average molecular weight is 292 g/mol. The lowest BCUT2D eigenvalue weighted by atomic mass is 10.2. The summed E-state index contributed by atoms with van der Waals surface area (Å²) in [5.41, 5.74) is 0. The molecule has 1 amide bonds. The van der Waals surface area contributed by atoms with E-state index in [1.165, 1.54) is 12.8 Å². The highest BCUT2D eigenvalue weighted by atomic mass is 32.2. The molecule has 0 saturated carbocycles. The SMILES string of the molecule is CCCN(CC1CCCN1)C(=O)CSc1ccccc1. The van der Waals surface area contributed by atoms with Crippen molar-refractivity contribution in [2.24, 2.45) is 0 Å². The third kappa shape index (κ3) is 4.84. The number of nitrogens with zero attached hydrogens (tertiary/aromatic N) is 1. The first-order valence-corrected chi connectivity index (χ1v) is 8.47. The van der Waals surface area contributed by atoms with Gasteiger partial charge in [-0.25, -0.2) is 0 Å². The van der Waals surface area contributed by atoms with E-state index in [0.717, 1.165) is 31.0 Å². The Balaban J connectivity index is 1.82. The van der Waals surface area contributed by atoms with E-state index in [0.29, 0.717) is 11.8 Å². The van der Waals surface area contributed by atoms with Crippen LogP contribution in [-0.2, 0) is 4.79 Å². The molecule has 1 unspecified atom stereocenters. The van der Waals surface area contributed by atoms with E-state index in [-0.39, 0.29) is 5.91 Å². The standard InChI is InChI=1S/C16H24N2OS/c1-2-11-18(12-14-7-6-10-17-14)16(19)13-20-15-8-4-3-5-9-15/h3-5,8-9,14,17H,2,6-7,10-13H2,1H3. The normalized spacial score (nSPS) is 18.1. The van der Waals surface area contributed by atoms with Gasteiger partial charge in [-0.1, -0.05) is 25.1 Å². The molecule has 0 bridgehead atoms. The third-order valence-electron chi connectivity index (χ3n) is 3.55. The van der Waals surface area contributed by atoms with Gasteiger partial charge < -0.3 is 10.2 Å². The summed E-state index contributed by atoms with van der Waals surface area (Å²) in [7, 11) is 0. The number of benzene rings is 1. The van der Waals surface area contributed by atoms with Gasteiger partial charge in [0.2, 0.25) is 5.91 Å². The minimum absolute atomic E-state index is 0.259. The van der Waals surface area contributed by atoms with Gasteiger partial charge in [-0.05, 0) is 37.9 Å². The summed E-state index contributed by atoms with van der Waals surface area (Å²) in [6, 6.07) is 10.6. The van der Waals surface area contributed by atoms with Crippen LogP contribution in [0.25, 0.3) is 0 Å². The van der Waals surface area contributed by atoms with Crippen LogP contribution >= 0.6 is 11.8 Å². The minimum atomic E-state index is 0.259. The summed E-state index contributed by atoms with van der Waals surface area (Å²) < 4.78 is 0. The van der Waals surface area contributed by atoms with Crippen LogP contribution in [0.15, 0.2) is 35.2 Å². The zero-order valence-corrected chi connectivity index (χ0v) is 13.0. The monoisotopic (exact) mass is 292 g/mol. The summed E-state index contributed by atoms with van der Waals surface area (Å²) >= 11 is 1.63. The third-order valence-corrected chi connectivity index (χ3v) is 4.55. The molecule has 1 saturated heterocycles. The van der Waals surface area contributed by atoms with Gasteiger partial charge >= 0.3 is 0 Å². The van der Waals surface area contributed by atoms with Gasteiger partial charge in [0.15, 0.2) is 0 Å². The Hall–Kier alpha value is -1.00. The van der Waals surface area contributed by atoms with Crippen LogP contribution in [0.3, 0.4) is 0 Å². The van der Waals surface area contributed by atoms with Gasteiger partial charge in [0.05, 0.1) is 5.75 Å². The lowest BCUT2D eigenvalue weighted by molar-refractivity contribution is -0.128. The van der Waals surface area contributed by atoms with Crippen molar-refractivity contribution in [3.05, 3.63) is 30.3 Å². The molecule has 3 nitrogen and oxygen atoms in total. The number of amides is 1. The number of carbonyl (C=O) groups is 1. The van der Waals surface area contributed by atoms with Crippen molar-refractivity contribution in [3.63, 3.8) is 0 Å². The first kappa shape index (κ1) is 15.4. The highest BCUT2D eigenvalue weighted by molar-refractivity contribution is 8.00. The van der Waals surface area contributed by atoms with Gasteiger partial charge in [-0.15, -0.1) is 11.8 Å². The van der Waals surface area contributed by atoms with E-state index in [1.54, 1.807) is 11.8 Å². The zero-order chi connectivity index (χ0) is 14.2. The van der Waals surface area contributed by atoms with Crippen molar-refractivity contribution in [3.8, 4) is 0 Å². The van der Waals surface area contributed by atoms with Gasteiger partial charge in [0.25, 0.3) is 0 Å². The maximum atomic E-state index is 12.4. The van der Waals surface area contributed by atoms with Crippen molar-refractivity contribution in [1.29, 1.82) is 0 Å². The fourth-order valence-corrected chi connectivity index (χ4v) is 3.34. The molecule has 1 atom stereocenters. The second-order valence-electron chi connectivity index (χ2n) is 5.23. The minimum Gasteiger partial charge on any atom is -0.340 e. The van der Waals surface area contributed by atoms with Crippen LogP contribution in [-0.4, -0.2) is 42.2 Å². The predicted octanol–water partition coefficient (Wildman–Crippen LogP) is 2.77. The average Bonchev–Trinajstić information content (AvgIpc) is 2.98. The molecular weight excluding hydrogens is 268 g/mol. The van der Waals surface area contributed by atoms with E-state index < -0.39 is 0 Å². The Bertz CT molecular complexity index is 404. The predicted molar refractivity (Wildman–Crippen MR) is 85.1 cm³/mol. The van der Waals surface area contributed by atoms with E-state index >= 15 is 0 Å². The maximum Gasteiger partial charge on any atom is 0.232 e. The molecule has 2 rings (SSSR count). The molecule has 1 heterocycles. The van der Waals surface area contributed by atoms with Gasteiger partial charge in [0, 0.05) is 24.0 Å². The molecule has 1 aliphatic rings. The number of rotatable bonds is 7. The maximum absolute atomic E-state index is 12.4. The first-order chi connectivity index (χ1) is 9.79. The second-order valence-corrected chi connectivity index (χ2v) is 6.28. The highest BCUT2D eigenvalue weighted by Crippen LogP contribution is 2.18. The summed E-state index contributed by atoms with van der Waals surface area (Å²) in [4.78, 5) is 15.6. The van der Waals surface area contributed by atoms with Gasteiger partial charge in [-0.3, -0.25) is 4.79 Å². The van der Waals surface area contributed by atoms with Crippen molar-refractivity contribution < 1.29 is 4.79 Å². The number of thioether (sulfide) groups is 1. The van der Waals surface area contributed by atoms with Gasteiger partial charge in [0.1, 0.15) is 0 Å². The molecular formula is C16H24N2OS. The topological polar surface area (TPSA) is 32.3 Å². The van der Waals surface area contributed by atoms with E-state index in [9.17, 15) is 4.79 Å². The van der Waals surface area contributed by atoms with Crippen molar-refractivity contribution in [1.82, 2.24) is 10.2 Å². The smallest absolute Gasteiger partial charge is 0.232 e. The van der Waals surface area contributed by atoms with Crippen molar-refractivity contribution in [2.75, 3.05) is 25.4 Å². The molecule has 0 spiro atoms. The molecule has 110 valence electrons. The Kier molecular flexibility index (Phi) is 6.40. The van der Waals surface area contributed by atoms with Crippen LogP contribution in [0.5, 0.6) is 0 Å². The Morgan fingerprint density at radius 3 is 2.85 bits per heavy atom. The molecule has 20 heavy (non-hydrogen) atoms. The molecule has 1 aromatic rings. The quantitative estimate of drug-likeness (QED) is 0.784. The first-order valence-electron chi connectivity index (χ1n) is 7.48. The molecule has 1 aromatic carbocycles. The van der Waals surface area contributed by atoms with Crippen molar-refractivity contribution >= 4 is 17.7 Å². The summed E-state index contributed by atoms with van der Waals surface area (Å²) in [5.74, 6) is 0.797. The largest absolute Gasteiger partial charge is 0.340 e. The molecule has 1 N–H and O–H groups in total. The number of carbonyl (C=O) groups excluding carboxylic acids is 1. The summed E-state index contributed by atoms with van der Waals surface area (Å²) in [6.07, 6.45) is 3.45. The van der Waals surface area contributed by atoms with Crippen LogP contribution in [0.4, 0.5) is 0 Å². The van der Waals surface area contributed by atoms with Crippen LogP contribution in [0, 0.1) is 0 Å². The highest BCUT2D eigenvalue weighted by Gasteiger charge is 2.20. The number of hydrogen-bond donors (Lipinski definition) is 1. The number of nitrogens with one attached hydrogen (secondary N) is 1. The molecule has 0 radical (unpaired) electrons. The molecule has 1 aliphatic heterocycles. The Morgan fingerprint density at radius 2 is 2.20 bits per heavy atom. The van der Waals surface area contributed by atoms with E-state index in [2.05, 4.69) is 24.4 Å². The lowest BCUT2D eigenvalue weighted by Crippen LogP contribution is -2.42.